The summed E-state index contributed by atoms with van der Waals surface area (Å²) in [5, 5.41) is 17.1. The molecule has 0 aromatic heterocycles. The van der Waals surface area contributed by atoms with Gasteiger partial charge in [-0.3, -0.25) is 4.79 Å². The van der Waals surface area contributed by atoms with Crippen LogP contribution in [0.5, 0.6) is 5.75 Å². The van der Waals surface area contributed by atoms with Crippen molar-refractivity contribution in [2.45, 2.75) is 49.9 Å². The van der Waals surface area contributed by atoms with Crippen LogP contribution in [0.2, 0.25) is 0 Å². The second kappa shape index (κ2) is 21.2. The molecular formula is C41H46O9S. The first-order valence-electron chi connectivity index (χ1n) is 16.5. The number of aryl methyl sites for hydroxylation is 2. The Morgan fingerprint density at radius 3 is 1.82 bits per heavy atom. The van der Waals surface area contributed by atoms with Gasteiger partial charge in [-0.15, -0.1) is 0 Å². The number of aliphatic carboxylic acids is 2. The van der Waals surface area contributed by atoms with Gasteiger partial charge in [-0.25, -0.2) is 13.2 Å². The first-order valence-corrected chi connectivity index (χ1v) is 18.1. The monoisotopic (exact) mass is 714 g/mol. The smallest absolute Gasteiger partial charge is 0.344 e. The molecule has 0 aliphatic carbocycles. The Morgan fingerprint density at radius 2 is 1.25 bits per heavy atom. The molecule has 0 fully saturated rings. The molecule has 0 saturated carbocycles. The van der Waals surface area contributed by atoms with E-state index in [2.05, 4.69) is 6.08 Å². The Morgan fingerprint density at radius 1 is 0.706 bits per heavy atom. The third-order valence-electron chi connectivity index (χ3n) is 7.49. The van der Waals surface area contributed by atoms with E-state index in [0.717, 1.165) is 27.8 Å². The summed E-state index contributed by atoms with van der Waals surface area (Å²) < 4.78 is 41.6. The van der Waals surface area contributed by atoms with E-state index in [9.17, 15) is 28.2 Å². The van der Waals surface area contributed by atoms with E-state index < -0.39 is 33.1 Å². The van der Waals surface area contributed by atoms with Crippen molar-refractivity contribution in [3.8, 4) is 5.75 Å². The highest BCUT2D eigenvalue weighted by atomic mass is 32.2. The first-order chi connectivity index (χ1) is 24.5. The van der Waals surface area contributed by atoms with Crippen molar-refractivity contribution in [3.63, 3.8) is 0 Å². The second-order valence-corrected chi connectivity index (χ2v) is 14.0. The van der Waals surface area contributed by atoms with E-state index in [1.165, 1.54) is 12.1 Å². The van der Waals surface area contributed by atoms with Crippen LogP contribution in [0.25, 0.3) is 12.2 Å². The molecule has 2 N–H and O–H groups in total. The number of benzene rings is 4. The van der Waals surface area contributed by atoms with Gasteiger partial charge in [-0.2, -0.15) is 0 Å². The Labute approximate surface area is 300 Å². The number of carboxylic acids is 2. The van der Waals surface area contributed by atoms with Crippen LogP contribution in [0.15, 0.2) is 126 Å². The van der Waals surface area contributed by atoms with Crippen LogP contribution in [-0.4, -0.2) is 68.4 Å². The van der Waals surface area contributed by atoms with Crippen LogP contribution in [0.3, 0.4) is 0 Å². The zero-order chi connectivity index (χ0) is 37.1. The first kappa shape index (κ1) is 40.4. The van der Waals surface area contributed by atoms with Crippen LogP contribution in [0.4, 0.5) is 0 Å². The van der Waals surface area contributed by atoms with Crippen molar-refractivity contribution >= 4 is 33.9 Å². The molecule has 270 valence electrons. The third-order valence-corrected chi connectivity index (χ3v) is 9.61. The molecule has 0 spiro atoms. The molecule has 4 aromatic rings. The number of hydrogen-bond donors (Lipinski definition) is 2. The van der Waals surface area contributed by atoms with Crippen molar-refractivity contribution in [1.82, 2.24) is 0 Å². The van der Waals surface area contributed by atoms with Crippen LogP contribution in [-0.2, 0) is 28.9 Å². The van der Waals surface area contributed by atoms with Gasteiger partial charge in [-0.1, -0.05) is 114 Å². The minimum Gasteiger partial charge on any atom is -0.480 e. The maximum Gasteiger partial charge on any atom is 0.344 e. The van der Waals surface area contributed by atoms with Gasteiger partial charge in [0.05, 0.1) is 24.7 Å². The van der Waals surface area contributed by atoms with Crippen molar-refractivity contribution in [1.29, 1.82) is 0 Å². The lowest BCUT2D eigenvalue weighted by molar-refractivity contribution is -0.146. The minimum absolute atomic E-state index is 0.0134. The molecule has 0 aliphatic heterocycles. The highest BCUT2D eigenvalue weighted by Gasteiger charge is 2.33. The average Bonchev–Trinajstić information content (AvgIpc) is 3.11. The summed E-state index contributed by atoms with van der Waals surface area (Å²) in [5.41, 5.74) is 5.24. The molecule has 4 rings (SSSR count). The van der Waals surface area contributed by atoms with Crippen LogP contribution < -0.4 is 4.74 Å². The van der Waals surface area contributed by atoms with E-state index in [0.29, 0.717) is 25.4 Å². The summed E-state index contributed by atoms with van der Waals surface area (Å²) in [7, 11) is -3.95. The minimum atomic E-state index is -3.95. The van der Waals surface area contributed by atoms with Gasteiger partial charge < -0.3 is 24.4 Å². The molecule has 0 amide bonds. The van der Waals surface area contributed by atoms with Gasteiger partial charge in [0.2, 0.25) is 0 Å². The number of carboxylic acid groups (broad SMARTS) is 2. The molecule has 51 heavy (non-hydrogen) atoms. The largest absolute Gasteiger partial charge is 0.480 e. The van der Waals surface area contributed by atoms with Gasteiger partial charge >= 0.3 is 11.9 Å². The van der Waals surface area contributed by atoms with E-state index >= 15 is 0 Å². The van der Waals surface area contributed by atoms with E-state index in [1.54, 1.807) is 30.3 Å². The lowest BCUT2D eigenvalue weighted by Crippen LogP contribution is -2.31. The normalized spacial score (nSPS) is 12.8. The molecule has 4 aromatic carbocycles. The number of hydrogen-bond acceptors (Lipinski definition) is 7. The maximum atomic E-state index is 12.5. The zero-order valence-corrected chi connectivity index (χ0v) is 30.0. The standard InChI is InChI=1S/C21H24O4.C20H22O5S/c1-16-8-10-19(11-9-16)25-20(21(22)23)12-13-24-15-17(2)14-18-6-4-3-5-7-18;1-16-9-11-18(12-10-16)26(23,24)19(20(21)22)13-15-25-14-5-8-17-6-3-2-4-7-17/h3-11,14,20H,12-13,15H2,1-2H3,(H,22,23);2-12,19H,13-15H2,1H3,(H,21,22). The van der Waals surface area contributed by atoms with Crippen LogP contribution in [0, 0.1) is 13.8 Å². The molecule has 9 nitrogen and oxygen atoms in total. The topological polar surface area (TPSA) is 136 Å². The van der Waals surface area contributed by atoms with Crippen molar-refractivity contribution in [2.24, 2.45) is 0 Å². The van der Waals surface area contributed by atoms with E-state index in [4.69, 9.17) is 14.2 Å². The Hall–Kier alpha value is -5.03. The quantitative estimate of drug-likeness (QED) is 0.0995. The van der Waals surface area contributed by atoms with Crippen molar-refractivity contribution in [2.75, 3.05) is 26.4 Å². The predicted octanol–water partition coefficient (Wildman–Crippen LogP) is 7.68. The molecule has 0 aliphatic rings. The molecule has 0 bridgehead atoms. The number of carbonyl (C=O) groups is 2. The molecule has 10 heteroatoms. The molecule has 2 unspecified atom stereocenters. The molecule has 0 saturated heterocycles. The summed E-state index contributed by atoms with van der Waals surface area (Å²) >= 11 is 0. The van der Waals surface area contributed by atoms with Gasteiger partial charge in [0.15, 0.2) is 21.2 Å². The number of sulfone groups is 1. The summed E-state index contributed by atoms with van der Waals surface area (Å²) in [6, 6.07) is 33.2. The van der Waals surface area contributed by atoms with Gasteiger partial charge in [-0.05, 0) is 68.2 Å². The van der Waals surface area contributed by atoms with Crippen LogP contribution >= 0.6 is 0 Å². The fraction of sp³-hybridized carbons (Fsp3) is 0.268. The molecule has 0 radical (unpaired) electrons. The fourth-order valence-electron chi connectivity index (χ4n) is 4.71. The maximum absolute atomic E-state index is 12.5. The van der Waals surface area contributed by atoms with Crippen molar-refractivity contribution < 1.29 is 42.4 Å². The third kappa shape index (κ3) is 14.8. The molecule has 0 heterocycles. The number of rotatable bonds is 18. The van der Waals surface area contributed by atoms with Crippen molar-refractivity contribution in [3.05, 3.63) is 143 Å². The predicted molar refractivity (Wildman–Crippen MR) is 199 cm³/mol. The summed E-state index contributed by atoms with van der Waals surface area (Å²) in [6.07, 6.45) is 5.02. The average molecular weight is 715 g/mol. The second-order valence-electron chi connectivity index (χ2n) is 11.9. The zero-order valence-electron chi connectivity index (χ0n) is 29.2. The van der Waals surface area contributed by atoms with Gasteiger partial charge in [0, 0.05) is 13.0 Å². The summed E-state index contributed by atoms with van der Waals surface area (Å²) in [5.74, 6) is -1.80. The summed E-state index contributed by atoms with van der Waals surface area (Å²) in [6.45, 7) is 6.91. The SMILES string of the molecule is CC(=Cc1ccccc1)COCCC(Oc1ccc(C)cc1)C(=O)O.Cc1ccc(S(=O)(=O)C(CCOCC=Cc2ccccc2)C(=O)O)cc1. The Kier molecular flexibility index (Phi) is 16.8. The lowest BCUT2D eigenvalue weighted by atomic mass is 10.1. The van der Waals surface area contributed by atoms with Crippen LogP contribution in [0.1, 0.15) is 42.0 Å². The summed E-state index contributed by atoms with van der Waals surface area (Å²) in [4.78, 5) is 22.8. The highest BCUT2D eigenvalue weighted by molar-refractivity contribution is 7.92. The van der Waals surface area contributed by atoms with Gasteiger partial charge in [0.1, 0.15) is 5.75 Å². The van der Waals surface area contributed by atoms with E-state index in [1.807, 2.05) is 99.6 Å². The van der Waals surface area contributed by atoms with E-state index in [-0.39, 0.29) is 24.5 Å². The Bertz CT molecular complexity index is 1800. The lowest BCUT2D eigenvalue weighted by Gasteiger charge is -2.15. The highest BCUT2D eigenvalue weighted by Crippen LogP contribution is 2.20. The fourth-order valence-corrected chi connectivity index (χ4v) is 6.22. The molecule has 2 atom stereocenters. The molecular weight excluding hydrogens is 669 g/mol. The number of ether oxygens (including phenoxy) is 3. The Balaban J connectivity index is 0.000000276. The van der Waals surface area contributed by atoms with Gasteiger partial charge in [0.25, 0.3) is 0 Å².